The van der Waals surface area contributed by atoms with Gasteiger partial charge in [0.15, 0.2) is 0 Å². The molecule has 2 fully saturated rings. The van der Waals surface area contributed by atoms with E-state index >= 15 is 0 Å². The standard InChI is InChI=1S/C17H24N2O2/c1-13(14-3-5-15(20-2)6-4-14)19-16-7-12-21-17(16)8-10-18-11-9-17/h3-6,16,18H,7-12H2,1-2H3. The number of ether oxygens (including phenoxy) is 2. The monoisotopic (exact) mass is 288 g/mol. The highest BCUT2D eigenvalue weighted by Crippen LogP contribution is 2.36. The van der Waals surface area contributed by atoms with E-state index in [1.807, 2.05) is 12.1 Å². The summed E-state index contributed by atoms with van der Waals surface area (Å²) in [6, 6.07) is 8.41. The Morgan fingerprint density at radius 3 is 2.67 bits per heavy atom. The number of hydrogen-bond donors (Lipinski definition) is 1. The van der Waals surface area contributed by atoms with Crippen LogP contribution in [-0.2, 0) is 4.74 Å². The van der Waals surface area contributed by atoms with Gasteiger partial charge in [-0.05, 0) is 69.1 Å². The van der Waals surface area contributed by atoms with E-state index in [4.69, 9.17) is 14.5 Å². The maximum absolute atomic E-state index is 6.10. The van der Waals surface area contributed by atoms with E-state index < -0.39 is 0 Å². The average Bonchev–Trinajstić information content (AvgIpc) is 2.90. The van der Waals surface area contributed by atoms with Crippen LogP contribution in [0.15, 0.2) is 29.3 Å². The molecule has 2 heterocycles. The van der Waals surface area contributed by atoms with Crippen molar-refractivity contribution < 1.29 is 9.47 Å². The van der Waals surface area contributed by atoms with Crippen molar-refractivity contribution in [3.05, 3.63) is 29.8 Å². The molecule has 2 saturated heterocycles. The molecule has 0 bridgehead atoms. The minimum atomic E-state index is -0.0288. The highest BCUT2D eigenvalue weighted by molar-refractivity contribution is 5.98. The quantitative estimate of drug-likeness (QED) is 0.869. The second-order valence-electron chi connectivity index (χ2n) is 5.91. The Morgan fingerprint density at radius 1 is 1.29 bits per heavy atom. The molecule has 1 atom stereocenters. The smallest absolute Gasteiger partial charge is 0.118 e. The van der Waals surface area contributed by atoms with Crippen LogP contribution >= 0.6 is 0 Å². The third kappa shape index (κ3) is 2.97. The minimum Gasteiger partial charge on any atom is -0.497 e. The number of aliphatic imine (C=N–C) groups is 1. The van der Waals surface area contributed by atoms with Crippen molar-refractivity contribution in [1.29, 1.82) is 0 Å². The van der Waals surface area contributed by atoms with Gasteiger partial charge in [0.05, 0.1) is 18.8 Å². The summed E-state index contributed by atoms with van der Waals surface area (Å²) in [7, 11) is 1.69. The molecule has 2 aliphatic rings. The van der Waals surface area contributed by atoms with Crippen LogP contribution in [0, 0.1) is 0 Å². The van der Waals surface area contributed by atoms with Gasteiger partial charge in [-0.2, -0.15) is 0 Å². The van der Waals surface area contributed by atoms with Crippen molar-refractivity contribution in [2.45, 2.75) is 37.8 Å². The molecule has 1 spiro atoms. The molecule has 4 nitrogen and oxygen atoms in total. The first kappa shape index (κ1) is 14.5. The number of benzene rings is 1. The number of rotatable bonds is 3. The molecule has 4 heteroatoms. The Bertz CT molecular complexity index is 504. The fraction of sp³-hybridized carbons (Fsp3) is 0.588. The van der Waals surface area contributed by atoms with Crippen LogP contribution in [0.25, 0.3) is 0 Å². The predicted octanol–water partition coefficient (Wildman–Crippen LogP) is 2.42. The molecule has 1 aromatic carbocycles. The molecule has 0 radical (unpaired) electrons. The summed E-state index contributed by atoms with van der Waals surface area (Å²) >= 11 is 0. The lowest BCUT2D eigenvalue weighted by molar-refractivity contribution is -0.0269. The van der Waals surface area contributed by atoms with Crippen LogP contribution in [0.1, 0.15) is 31.7 Å². The van der Waals surface area contributed by atoms with E-state index in [1.165, 1.54) is 0 Å². The lowest BCUT2D eigenvalue weighted by atomic mass is 9.85. The van der Waals surface area contributed by atoms with Gasteiger partial charge in [0.1, 0.15) is 5.75 Å². The number of piperidine rings is 1. The molecule has 1 unspecified atom stereocenters. The molecule has 2 aliphatic heterocycles. The topological polar surface area (TPSA) is 42.9 Å². The van der Waals surface area contributed by atoms with Gasteiger partial charge in [-0.25, -0.2) is 0 Å². The largest absolute Gasteiger partial charge is 0.497 e. The van der Waals surface area contributed by atoms with Crippen LogP contribution < -0.4 is 10.1 Å². The SMILES string of the molecule is COc1ccc(C(C)=NC2CCOC23CCNCC3)cc1. The zero-order chi connectivity index (χ0) is 14.7. The number of nitrogens with zero attached hydrogens (tertiary/aromatic N) is 1. The van der Waals surface area contributed by atoms with Crippen LogP contribution in [0.2, 0.25) is 0 Å². The fourth-order valence-corrected chi connectivity index (χ4v) is 3.38. The van der Waals surface area contributed by atoms with E-state index in [2.05, 4.69) is 24.4 Å². The van der Waals surface area contributed by atoms with E-state index in [0.29, 0.717) is 6.04 Å². The van der Waals surface area contributed by atoms with Crippen LogP contribution in [0.5, 0.6) is 5.75 Å². The molecule has 0 saturated carbocycles. The molecule has 114 valence electrons. The van der Waals surface area contributed by atoms with E-state index in [1.54, 1.807) is 7.11 Å². The highest BCUT2D eigenvalue weighted by Gasteiger charge is 2.44. The summed E-state index contributed by atoms with van der Waals surface area (Å²) in [4.78, 5) is 5.00. The van der Waals surface area contributed by atoms with Gasteiger partial charge >= 0.3 is 0 Å². The molecule has 0 amide bonds. The second-order valence-corrected chi connectivity index (χ2v) is 5.91. The normalized spacial score (nSPS) is 25.2. The Morgan fingerprint density at radius 2 is 2.00 bits per heavy atom. The number of methoxy groups -OCH3 is 1. The van der Waals surface area contributed by atoms with Crippen molar-refractivity contribution in [3.8, 4) is 5.75 Å². The van der Waals surface area contributed by atoms with Crippen molar-refractivity contribution in [2.24, 2.45) is 4.99 Å². The van der Waals surface area contributed by atoms with Crippen LogP contribution in [0.3, 0.4) is 0 Å². The number of nitrogens with one attached hydrogen (secondary N) is 1. The van der Waals surface area contributed by atoms with E-state index in [9.17, 15) is 0 Å². The Hall–Kier alpha value is -1.39. The first-order valence-corrected chi connectivity index (χ1v) is 7.77. The van der Waals surface area contributed by atoms with Crippen molar-refractivity contribution >= 4 is 5.71 Å². The van der Waals surface area contributed by atoms with Gasteiger partial charge in [-0.3, -0.25) is 4.99 Å². The molecule has 1 N–H and O–H groups in total. The van der Waals surface area contributed by atoms with Gasteiger partial charge in [-0.15, -0.1) is 0 Å². The summed E-state index contributed by atoms with van der Waals surface area (Å²) in [5.41, 5.74) is 2.22. The van der Waals surface area contributed by atoms with E-state index in [0.717, 1.165) is 56.0 Å². The minimum absolute atomic E-state index is 0.0288. The molecule has 0 aliphatic carbocycles. The lowest BCUT2D eigenvalue weighted by Gasteiger charge is -2.36. The van der Waals surface area contributed by atoms with E-state index in [-0.39, 0.29) is 5.60 Å². The molecule has 1 aromatic rings. The third-order valence-corrected chi connectivity index (χ3v) is 4.70. The van der Waals surface area contributed by atoms with Crippen LogP contribution in [0.4, 0.5) is 0 Å². The summed E-state index contributed by atoms with van der Waals surface area (Å²) < 4.78 is 11.3. The Kier molecular flexibility index (Phi) is 4.27. The summed E-state index contributed by atoms with van der Waals surface area (Å²) in [6.07, 6.45) is 3.17. The maximum Gasteiger partial charge on any atom is 0.118 e. The van der Waals surface area contributed by atoms with Gasteiger partial charge < -0.3 is 14.8 Å². The molecule has 3 rings (SSSR count). The third-order valence-electron chi connectivity index (χ3n) is 4.70. The zero-order valence-corrected chi connectivity index (χ0v) is 12.9. The van der Waals surface area contributed by atoms with Crippen molar-refractivity contribution in [2.75, 3.05) is 26.8 Å². The summed E-state index contributed by atoms with van der Waals surface area (Å²) in [5, 5.41) is 3.41. The molecule has 21 heavy (non-hydrogen) atoms. The average molecular weight is 288 g/mol. The lowest BCUT2D eigenvalue weighted by Crippen LogP contribution is -2.47. The molecular weight excluding hydrogens is 264 g/mol. The summed E-state index contributed by atoms with van der Waals surface area (Å²) in [6.45, 7) is 5.00. The van der Waals surface area contributed by atoms with Gasteiger partial charge in [0.25, 0.3) is 0 Å². The van der Waals surface area contributed by atoms with Crippen molar-refractivity contribution in [3.63, 3.8) is 0 Å². The second kappa shape index (κ2) is 6.16. The van der Waals surface area contributed by atoms with Gasteiger partial charge in [0.2, 0.25) is 0 Å². The zero-order valence-electron chi connectivity index (χ0n) is 12.9. The number of hydrogen-bond acceptors (Lipinski definition) is 4. The molecule has 0 aromatic heterocycles. The molecular formula is C17H24N2O2. The summed E-state index contributed by atoms with van der Waals surface area (Å²) in [5.74, 6) is 0.880. The first-order chi connectivity index (χ1) is 10.2. The predicted molar refractivity (Wildman–Crippen MR) is 84.4 cm³/mol. The maximum atomic E-state index is 6.10. The van der Waals surface area contributed by atoms with Crippen molar-refractivity contribution in [1.82, 2.24) is 5.32 Å². The van der Waals surface area contributed by atoms with Crippen LogP contribution in [-0.4, -0.2) is 44.2 Å². The first-order valence-electron chi connectivity index (χ1n) is 7.77. The van der Waals surface area contributed by atoms with Gasteiger partial charge in [-0.1, -0.05) is 0 Å². The highest BCUT2D eigenvalue weighted by atomic mass is 16.5. The van der Waals surface area contributed by atoms with Gasteiger partial charge in [0, 0.05) is 12.3 Å². The Balaban J connectivity index is 1.78. The fourth-order valence-electron chi connectivity index (χ4n) is 3.38. The Labute approximate surface area is 126 Å².